The molecule has 0 spiro atoms. The van der Waals surface area contributed by atoms with Crippen molar-refractivity contribution in [2.75, 3.05) is 57.4 Å². The highest BCUT2D eigenvalue weighted by Gasteiger charge is 2.13. The Balaban J connectivity index is 1.62. The summed E-state index contributed by atoms with van der Waals surface area (Å²) in [5, 5.41) is 5.68. The molecular weight excluding hydrogens is 262 g/mol. The molecule has 1 aromatic carbocycles. The Hall–Kier alpha value is -1.85. The van der Waals surface area contributed by atoms with E-state index < -0.39 is 0 Å². The molecule has 1 aliphatic rings. The van der Waals surface area contributed by atoms with E-state index in [-0.39, 0.29) is 0 Å². The molecular formula is C16H23N5. The number of rotatable bonds is 4. The monoisotopic (exact) mass is 285 g/mol. The van der Waals surface area contributed by atoms with Crippen LogP contribution < -0.4 is 11.1 Å². The fourth-order valence-electron chi connectivity index (χ4n) is 2.79. The summed E-state index contributed by atoms with van der Waals surface area (Å²) in [6.07, 6.45) is 3.66. The summed E-state index contributed by atoms with van der Waals surface area (Å²) in [5.41, 5.74) is 7.93. The first-order valence-electron chi connectivity index (χ1n) is 7.51. The maximum atomic E-state index is 6.02. The SMILES string of the molecule is CN1CCN(CCNc2ccc(N)c3ccncc23)CC1. The van der Waals surface area contributed by atoms with Crippen molar-refractivity contribution in [3.8, 4) is 0 Å². The molecule has 0 radical (unpaired) electrons. The highest BCUT2D eigenvalue weighted by atomic mass is 15.2. The second-order valence-corrected chi connectivity index (χ2v) is 5.70. The van der Waals surface area contributed by atoms with Gasteiger partial charge in [-0.3, -0.25) is 9.88 Å². The molecule has 1 fully saturated rings. The number of benzene rings is 1. The van der Waals surface area contributed by atoms with Crippen LogP contribution in [-0.2, 0) is 0 Å². The Kier molecular flexibility index (Phi) is 4.22. The zero-order valence-corrected chi connectivity index (χ0v) is 12.5. The van der Waals surface area contributed by atoms with Crippen LogP contribution in [0.2, 0.25) is 0 Å². The number of hydrogen-bond acceptors (Lipinski definition) is 5. The summed E-state index contributed by atoms with van der Waals surface area (Å²) < 4.78 is 0. The first-order valence-corrected chi connectivity index (χ1v) is 7.51. The summed E-state index contributed by atoms with van der Waals surface area (Å²) in [5.74, 6) is 0. The first kappa shape index (κ1) is 14.1. The van der Waals surface area contributed by atoms with E-state index in [0.29, 0.717) is 0 Å². The zero-order chi connectivity index (χ0) is 14.7. The number of anilines is 2. The number of aromatic nitrogens is 1. The minimum atomic E-state index is 0.803. The Morgan fingerprint density at radius 3 is 2.76 bits per heavy atom. The van der Waals surface area contributed by atoms with Gasteiger partial charge in [-0.15, -0.1) is 0 Å². The van der Waals surface area contributed by atoms with E-state index >= 15 is 0 Å². The lowest BCUT2D eigenvalue weighted by Gasteiger charge is -2.32. The van der Waals surface area contributed by atoms with Crippen LogP contribution in [0.15, 0.2) is 30.6 Å². The highest BCUT2D eigenvalue weighted by molar-refractivity contribution is 6.00. The Morgan fingerprint density at radius 1 is 1.14 bits per heavy atom. The van der Waals surface area contributed by atoms with Gasteiger partial charge >= 0.3 is 0 Å². The van der Waals surface area contributed by atoms with E-state index in [2.05, 4.69) is 27.1 Å². The van der Waals surface area contributed by atoms with Gasteiger partial charge in [-0.2, -0.15) is 0 Å². The predicted octanol–water partition coefficient (Wildman–Crippen LogP) is 1.48. The van der Waals surface area contributed by atoms with Crippen molar-refractivity contribution in [3.63, 3.8) is 0 Å². The van der Waals surface area contributed by atoms with Gasteiger partial charge in [0.1, 0.15) is 0 Å². The van der Waals surface area contributed by atoms with Crippen LogP contribution in [0.25, 0.3) is 10.8 Å². The van der Waals surface area contributed by atoms with Gasteiger partial charge in [0.15, 0.2) is 0 Å². The van der Waals surface area contributed by atoms with Crippen LogP contribution in [-0.4, -0.2) is 61.1 Å². The van der Waals surface area contributed by atoms with Crippen LogP contribution in [0.4, 0.5) is 11.4 Å². The lowest BCUT2D eigenvalue weighted by molar-refractivity contribution is 0.158. The molecule has 5 heteroatoms. The molecule has 0 aliphatic carbocycles. The smallest absolute Gasteiger partial charge is 0.0437 e. The summed E-state index contributed by atoms with van der Waals surface area (Å²) in [4.78, 5) is 9.09. The number of nitrogens with zero attached hydrogens (tertiary/aromatic N) is 3. The average Bonchev–Trinajstić information content (AvgIpc) is 2.52. The van der Waals surface area contributed by atoms with Crippen LogP contribution >= 0.6 is 0 Å². The third-order valence-electron chi connectivity index (χ3n) is 4.19. The van der Waals surface area contributed by atoms with Gasteiger partial charge in [-0.25, -0.2) is 0 Å². The van der Waals surface area contributed by atoms with Gasteiger partial charge in [-0.1, -0.05) is 0 Å². The molecule has 1 aliphatic heterocycles. The maximum Gasteiger partial charge on any atom is 0.0437 e. The van der Waals surface area contributed by atoms with Crippen molar-refractivity contribution in [3.05, 3.63) is 30.6 Å². The van der Waals surface area contributed by atoms with E-state index in [0.717, 1.165) is 61.4 Å². The van der Waals surface area contributed by atoms with Crippen molar-refractivity contribution >= 4 is 22.1 Å². The number of pyridine rings is 1. The predicted molar refractivity (Wildman–Crippen MR) is 88.6 cm³/mol. The number of fused-ring (bicyclic) bond motifs is 1. The Labute approximate surface area is 125 Å². The van der Waals surface area contributed by atoms with Gasteiger partial charge < -0.3 is 16.0 Å². The number of nitrogens with one attached hydrogen (secondary N) is 1. The van der Waals surface area contributed by atoms with E-state index in [1.165, 1.54) is 0 Å². The third kappa shape index (κ3) is 3.25. The maximum absolute atomic E-state index is 6.02. The highest BCUT2D eigenvalue weighted by Crippen LogP contribution is 2.27. The number of piperazine rings is 1. The fraction of sp³-hybridized carbons (Fsp3) is 0.438. The number of nitrogen functional groups attached to an aromatic ring is 1. The second-order valence-electron chi connectivity index (χ2n) is 5.70. The molecule has 0 amide bonds. The van der Waals surface area contributed by atoms with Crippen molar-refractivity contribution < 1.29 is 0 Å². The minimum absolute atomic E-state index is 0.803. The van der Waals surface area contributed by atoms with Crippen LogP contribution in [0, 0.1) is 0 Å². The van der Waals surface area contributed by atoms with Gasteiger partial charge in [-0.05, 0) is 25.2 Å². The van der Waals surface area contributed by atoms with Crippen LogP contribution in [0.5, 0.6) is 0 Å². The van der Waals surface area contributed by atoms with Crippen molar-refractivity contribution in [2.24, 2.45) is 0 Å². The van der Waals surface area contributed by atoms with Gasteiger partial charge in [0.2, 0.25) is 0 Å². The quantitative estimate of drug-likeness (QED) is 0.833. The molecule has 0 unspecified atom stereocenters. The standard InChI is InChI=1S/C16H23N5/c1-20-8-10-21(11-9-20)7-6-19-16-3-2-15(17)13-4-5-18-12-14(13)16/h2-5,12,19H,6-11,17H2,1H3. The second kappa shape index (κ2) is 6.28. The third-order valence-corrected chi connectivity index (χ3v) is 4.19. The fourth-order valence-corrected chi connectivity index (χ4v) is 2.79. The molecule has 1 saturated heterocycles. The summed E-state index contributed by atoms with van der Waals surface area (Å²) in [6, 6.07) is 5.97. The molecule has 0 saturated carbocycles. The molecule has 0 atom stereocenters. The molecule has 5 nitrogen and oxygen atoms in total. The molecule has 2 heterocycles. The zero-order valence-electron chi connectivity index (χ0n) is 12.5. The average molecular weight is 285 g/mol. The Bertz CT molecular complexity index is 605. The lowest BCUT2D eigenvalue weighted by atomic mass is 10.1. The van der Waals surface area contributed by atoms with Gasteiger partial charge in [0.25, 0.3) is 0 Å². The normalized spacial score (nSPS) is 17.2. The molecule has 2 aromatic rings. The van der Waals surface area contributed by atoms with Gasteiger partial charge in [0.05, 0.1) is 0 Å². The topological polar surface area (TPSA) is 57.4 Å². The van der Waals surface area contributed by atoms with E-state index in [9.17, 15) is 0 Å². The molecule has 3 N–H and O–H groups in total. The summed E-state index contributed by atoms with van der Waals surface area (Å²) in [7, 11) is 2.18. The van der Waals surface area contributed by atoms with Crippen molar-refractivity contribution in [2.45, 2.75) is 0 Å². The minimum Gasteiger partial charge on any atom is -0.398 e. The first-order chi connectivity index (χ1) is 10.2. The molecule has 0 bridgehead atoms. The van der Waals surface area contributed by atoms with E-state index in [1.807, 2.05) is 24.4 Å². The van der Waals surface area contributed by atoms with E-state index in [4.69, 9.17) is 5.73 Å². The van der Waals surface area contributed by atoms with Crippen molar-refractivity contribution in [1.82, 2.24) is 14.8 Å². The molecule has 3 rings (SSSR count). The van der Waals surface area contributed by atoms with E-state index in [1.54, 1.807) is 6.20 Å². The van der Waals surface area contributed by atoms with Crippen LogP contribution in [0.1, 0.15) is 0 Å². The van der Waals surface area contributed by atoms with Crippen LogP contribution in [0.3, 0.4) is 0 Å². The molecule has 1 aromatic heterocycles. The number of nitrogens with two attached hydrogens (primary N) is 1. The number of likely N-dealkylation sites (N-methyl/N-ethyl adjacent to an activating group) is 1. The lowest BCUT2D eigenvalue weighted by Crippen LogP contribution is -2.45. The summed E-state index contributed by atoms with van der Waals surface area (Å²) >= 11 is 0. The summed E-state index contributed by atoms with van der Waals surface area (Å²) in [6.45, 7) is 6.64. The number of hydrogen-bond donors (Lipinski definition) is 2. The van der Waals surface area contributed by atoms with Crippen molar-refractivity contribution in [1.29, 1.82) is 0 Å². The molecule has 21 heavy (non-hydrogen) atoms. The van der Waals surface area contributed by atoms with Gasteiger partial charge in [0, 0.05) is 73.8 Å². The largest absolute Gasteiger partial charge is 0.398 e. The Morgan fingerprint density at radius 2 is 1.95 bits per heavy atom. The molecule has 112 valence electrons.